The summed E-state index contributed by atoms with van der Waals surface area (Å²) in [4.78, 5) is 21.7. The maximum absolute atomic E-state index is 13.9. The third kappa shape index (κ3) is 3.89. The summed E-state index contributed by atoms with van der Waals surface area (Å²) in [5, 5.41) is 0.922. The Kier molecular flexibility index (Phi) is 5.73. The highest BCUT2D eigenvalue weighted by Crippen LogP contribution is 2.31. The second-order valence-corrected chi connectivity index (χ2v) is 8.36. The van der Waals surface area contributed by atoms with Gasteiger partial charge in [0, 0.05) is 16.1 Å². The fraction of sp³-hybridized carbons (Fsp3) is 0.0385. The van der Waals surface area contributed by atoms with Crippen LogP contribution < -0.4 is 10.3 Å². The number of hydrogen-bond acceptors (Lipinski definition) is 4. The Hall–Kier alpha value is -3.81. The summed E-state index contributed by atoms with van der Waals surface area (Å²) in [7, 11) is 1.53. The van der Waals surface area contributed by atoms with Gasteiger partial charge in [0.1, 0.15) is 17.2 Å². The van der Waals surface area contributed by atoms with Crippen LogP contribution in [0.15, 0.2) is 83.7 Å². The fourth-order valence-corrected chi connectivity index (χ4v) is 4.28. The van der Waals surface area contributed by atoms with E-state index in [1.54, 1.807) is 42.5 Å². The summed E-state index contributed by atoms with van der Waals surface area (Å²) >= 11 is 11.6. The van der Waals surface area contributed by atoms with Crippen molar-refractivity contribution in [1.29, 1.82) is 0 Å². The number of H-pyrrole nitrogens is 1. The zero-order valence-electron chi connectivity index (χ0n) is 17.9. The molecular weight excluding hydrogens is 473 g/mol. The normalized spacial score (nSPS) is 11.0. The number of halogens is 2. The van der Waals surface area contributed by atoms with Gasteiger partial charge >= 0.3 is 0 Å². The van der Waals surface area contributed by atoms with Crippen LogP contribution in [-0.2, 0) is 0 Å². The van der Waals surface area contributed by atoms with E-state index in [0.29, 0.717) is 44.3 Å². The molecule has 5 nitrogen and oxygen atoms in total. The Morgan fingerprint density at radius 2 is 1.68 bits per heavy atom. The minimum atomic E-state index is -0.370. The maximum Gasteiger partial charge on any atom is 0.269 e. The van der Waals surface area contributed by atoms with E-state index in [9.17, 15) is 9.18 Å². The Bertz CT molecular complexity index is 1650. The van der Waals surface area contributed by atoms with Crippen LogP contribution in [-0.4, -0.2) is 21.6 Å². The van der Waals surface area contributed by atoms with E-state index in [2.05, 4.69) is 4.98 Å². The van der Waals surface area contributed by atoms with E-state index in [1.807, 2.05) is 24.3 Å². The number of rotatable bonds is 4. The molecule has 0 bridgehead atoms. The number of fused-ring (bicyclic) bond motifs is 1. The minimum absolute atomic E-state index is 0.174. The molecule has 0 spiro atoms. The lowest BCUT2D eigenvalue weighted by molar-refractivity contribution is 0.412. The number of pyridine rings is 1. The molecule has 3 aromatic carbocycles. The zero-order valence-corrected chi connectivity index (χ0v) is 19.5. The van der Waals surface area contributed by atoms with Crippen LogP contribution in [0.5, 0.6) is 5.75 Å². The summed E-state index contributed by atoms with van der Waals surface area (Å²) in [6, 6.07) is 22.1. The van der Waals surface area contributed by atoms with E-state index >= 15 is 0 Å². The van der Waals surface area contributed by atoms with Gasteiger partial charge in [-0.1, -0.05) is 48.0 Å². The summed E-state index contributed by atoms with van der Waals surface area (Å²) in [6.45, 7) is 0. The Balaban J connectivity index is 1.87. The van der Waals surface area contributed by atoms with Crippen molar-refractivity contribution in [3.63, 3.8) is 0 Å². The fourth-order valence-electron chi connectivity index (χ4n) is 3.87. The molecule has 0 amide bonds. The molecule has 0 aliphatic rings. The number of benzene rings is 3. The van der Waals surface area contributed by atoms with E-state index in [-0.39, 0.29) is 16.1 Å². The number of nitrogens with zero attached hydrogens (tertiary/aromatic N) is 2. The van der Waals surface area contributed by atoms with Crippen molar-refractivity contribution >= 4 is 34.9 Å². The lowest BCUT2D eigenvalue weighted by Gasteiger charge is -2.14. The molecule has 0 aliphatic heterocycles. The van der Waals surface area contributed by atoms with Gasteiger partial charge < -0.3 is 9.72 Å². The summed E-state index contributed by atoms with van der Waals surface area (Å²) < 4.78 is 20.7. The highest BCUT2D eigenvalue weighted by Gasteiger charge is 2.18. The lowest BCUT2D eigenvalue weighted by Crippen LogP contribution is -2.22. The second-order valence-electron chi connectivity index (χ2n) is 7.54. The predicted molar refractivity (Wildman–Crippen MR) is 135 cm³/mol. The topological polar surface area (TPSA) is 59.9 Å². The van der Waals surface area contributed by atoms with Crippen molar-refractivity contribution in [2.75, 3.05) is 7.11 Å². The smallest absolute Gasteiger partial charge is 0.269 e. The van der Waals surface area contributed by atoms with Crippen molar-refractivity contribution in [2.24, 2.45) is 0 Å². The number of aromatic amines is 1. The van der Waals surface area contributed by atoms with Crippen molar-refractivity contribution in [2.45, 2.75) is 0 Å². The van der Waals surface area contributed by atoms with Gasteiger partial charge in [0.2, 0.25) is 0 Å². The van der Waals surface area contributed by atoms with Crippen LogP contribution in [0, 0.1) is 10.6 Å². The lowest BCUT2D eigenvalue weighted by atomic mass is 10.00. The zero-order chi connectivity index (χ0) is 23.8. The van der Waals surface area contributed by atoms with E-state index in [0.717, 1.165) is 5.56 Å². The van der Waals surface area contributed by atoms with Crippen molar-refractivity contribution in [1.82, 2.24) is 14.5 Å². The van der Waals surface area contributed by atoms with E-state index in [1.165, 1.54) is 23.8 Å². The highest BCUT2D eigenvalue weighted by molar-refractivity contribution is 7.71. The first-order valence-electron chi connectivity index (χ1n) is 10.3. The van der Waals surface area contributed by atoms with E-state index in [4.69, 9.17) is 33.5 Å². The molecule has 8 heteroatoms. The summed E-state index contributed by atoms with van der Waals surface area (Å²) in [5.74, 6) is 0.128. The first-order chi connectivity index (χ1) is 16.5. The third-order valence-corrected chi connectivity index (χ3v) is 6.02. The highest BCUT2D eigenvalue weighted by atomic mass is 35.5. The minimum Gasteiger partial charge on any atom is -0.495 e. The van der Waals surface area contributed by atoms with Crippen molar-refractivity contribution in [3.8, 4) is 33.8 Å². The van der Waals surface area contributed by atoms with Gasteiger partial charge in [-0.25, -0.2) is 13.9 Å². The van der Waals surface area contributed by atoms with E-state index < -0.39 is 0 Å². The molecule has 2 aromatic heterocycles. The molecule has 0 saturated carbocycles. The molecule has 0 saturated heterocycles. The third-order valence-electron chi connectivity index (χ3n) is 5.49. The number of methoxy groups -OCH3 is 1. The Labute approximate surface area is 204 Å². The molecule has 0 aliphatic carbocycles. The quantitative estimate of drug-likeness (QED) is 0.290. The monoisotopic (exact) mass is 489 g/mol. The van der Waals surface area contributed by atoms with Crippen LogP contribution >= 0.6 is 23.8 Å². The summed E-state index contributed by atoms with van der Waals surface area (Å²) in [5.41, 5.74) is 3.15. The standard InChI is InChI=1S/C26H17ClFN3O2S/c1-33-22-5-3-2-4-21(22)31-25(32)23-19(15-8-12-18(28)13-9-15)14-20(29-24(23)30-26(31)34)16-6-10-17(27)11-7-16/h2-14H,1H3,(H,29,30,34). The number of para-hydroxylation sites is 2. The van der Waals surface area contributed by atoms with Gasteiger partial charge in [0.25, 0.3) is 5.56 Å². The van der Waals surface area contributed by atoms with Crippen LogP contribution in [0.2, 0.25) is 5.02 Å². The molecule has 2 heterocycles. The second kappa shape index (κ2) is 8.85. The molecule has 1 N–H and O–H groups in total. The first kappa shape index (κ1) is 22.0. The molecule has 0 fully saturated rings. The molecule has 34 heavy (non-hydrogen) atoms. The van der Waals surface area contributed by atoms with Crippen LogP contribution in [0.25, 0.3) is 39.1 Å². The SMILES string of the molecule is COc1ccccc1-n1c(=S)[nH]c2nc(-c3ccc(Cl)cc3)cc(-c3ccc(F)cc3)c2c1=O. The Morgan fingerprint density at radius 1 is 1.00 bits per heavy atom. The molecular formula is C26H17ClFN3O2S. The number of ether oxygens (including phenoxy) is 1. The van der Waals surface area contributed by atoms with Gasteiger partial charge in [0.05, 0.1) is 23.9 Å². The maximum atomic E-state index is 13.9. The summed E-state index contributed by atoms with van der Waals surface area (Å²) in [6.07, 6.45) is 0. The largest absolute Gasteiger partial charge is 0.495 e. The predicted octanol–water partition coefficient (Wildman–Crippen LogP) is 6.58. The average Bonchev–Trinajstić information content (AvgIpc) is 2.84. The Morgan fingerprint density at radius 3 is 2.38 bits per heavy atom. The van der Waals surface area contributed by atoms with Gasteiger partial charge in [0.15, 0.2) is 4.77 Å². The van der Waals surface area contributed by atoms with Crippen LogP contribution in [0.4, 0.5) is 4.39 Å². The van der Waals surface area contributed by atoms with Gasteiger partial charge in [-0.05, 0) is 60.2 Å². The van der Waals surface area contributed by atoms with Crippen LogP contribution in [0.3, 0.4) is 0 Å². The van der Waals surface area contributed by atoms with Gasteiger partial charge in [-0.3, -0.25) is 4.79 Å². The molecule has 5 rings (SSSR count). The molecule has 0 unspecified atom stereocenters. The first-order valence-corrected chi connectivity index (χ1v) is 11.1. The molecule has 0 radical (unpaired) electrons. The van der Waals surface area contributed by atoms with Gasteiger partial charge in [-0.15, -0.1) is 0 Å². The van der Waals surface area contributed by atoms with Gasteiger partial charge in [-0.2, -0.15) is 0 Å². The molecule has 5 aromatic rings. The molecule has 0 atom stereocenters. The van der Waals surface area contributed by atoms with Crippen LogP contribution in [0.1, 0.15) is 0 Å². The average molecular weight is 490 g/mol. The van der Waals surface area contributed by atoms with Crippen molar-refractivity contribution < 1.29 is 9.13 Å². The number of nitrogens with one attached hydrogen (secondary N) is 1. The number of hydrogen-bond donors (Lipinski definition) is 1. The molecule has 168 valence electrons. The number of aromatic nitrogens is 3. The van der Waals surface area contributed by atoms with Crippen molar-refractivity contribution in [3.05, 3.63) is 105 Å².